The van der Waals surface area contributed by atoms with Gasteiger partial charge in [-0.25, -0.2) is 0 Å². The van der Waals surface area contributed by atoms with Crippen LogP contribution in [0.25, 0.3) is 0 Å². The van der Waals surface area contributed by atoms with Gasteiger partial charge in [0.25, 0.3) is 0 Å². The summed E-state index contributed by atoms with van der Waals surface area (Å²) in [5.41, 5.74) is 7.63. The van der Waals surface area contributed by atoms with Crippen LogP contribution in [0.1, 0.15) is 5.56 Å². The van der Waals surface area contributed by atoms with E-state index in [1.54, 1.807) is 23.5 Å². The topological polar surface area (TPSA) is 58.7 Å². The molecule has 0 spiro atoms. The molecule has 108 valence electrons. The number of likely N-dealkylation sites (N-methyl/N-ethyl adjacent to an activating group) is 1. The summed E-state index contributed by atoms with van der Waals surface area (Å²) >= 11 is 1.68. The third kappa shape index (κ3) is 4.52. The van der Waals surface area contributed by atoms with E-state index in [9.17, 15) is 5.11 Å². The van der Waals surface area contributed by atoms with Crippen molar-refractivity contribution in [2.24, 2.45) is 0 Å². The van der Waals surface area contributed by atoms with E-state index in [2.05, 4.69) is 21.7 Å². The third-order valence-electron chi connectivity index (χ3n) is 2.91. The Morgan fingerprint density at radius 1 is 1.35 bits per heavy atom. The maximum absolute atomic E-state index is 10.00. The normalized spacial score (nSPS) is 12.6. The standard InChI is InChI=1S/C15H20N2O2S/c1-17(8-12-6-7-20-11-12)9-13(18)10-19-15-5-3-2-4-14(15)16/h2-7,11,13,18H,8-10,16H2,1H3. The van der Waals surface area contributed by atoms with Crippen molar-refractivity contribution >= 4 is 17.0 Å². The highest BCUT2D eigenvalue weighted by molar-refractivity contribution is 7.07. The molecular formula is C15H20N2O2S. The molecule has 4 nitrogen and oxygen atoms in total. The van der Waals surface area contributed by atoms with Crippen molar-refractivity contribution in [3.05, 3.63) is 46.7 Å². The van der Waals surface area contributed by atoms with Gasteiger partial charge < -0.3 is 15.6 Å². The highest BCUT2D eigenvalue weighted by atomic mass is 32.1. The van der Waals surface area contributed by atoms with E-state index in [1.807, 2.05) is 19.2 Å². The molecule has 0 aliphatic heterocycles. The Hall–Kier alpha value is -1.56. The van der Waals surface area contributed by atoms with Crippen LogP contribution in [0.2, 0.25) is 0 Å². The van der Waals surface area contributed by atoms with Crippen LogP contribution in [0.3, 0.4) is 0 Å². The van der Waals surface area contributed by atoms with Gasteiger partial charge in [0.2, 0.25) is 0 Å². The van der Waals surface area contributed by atoms with Gasteiger partial charge in [-0.1, -0.05) is 12.1 Å². The number of rotatable bonds is 7. The van der Waals surface area contributed by atoms with Crippen molar-refractivity contribution in [3.8, 4) is 5.75 Å². The van der Waals surface area contributed by atoms with Crippen LogP contribution in [-0.2, 0) is 6.54 Å². The number of aliphatic hydroxyl groups excluding tert-OH is 1. The van der Waals surface area contributed by atoms with Crippen molar-refractivity contribution in [3.63, 3.8) is 0 Å². The predicted molar refractivity (Wildman–Crippen MR) is 83.0 cm³/mol. The highest BCUT2D eigenvalue weighted by Crippen LogP contribution is 2.19. The van der Waals surface area contributed by atoms with E-state index >= 15 is 0 Å². The highest BCUT2D eigenvalue weighted by Gasteiger charge is 2.10. The summed E-state index contributed by atoms with van der Waals surface area (Å²) in [6, 6.07) is 9.39. The van der Waals surface area contributed by atoms with Gasteiger partial charge in [-0.15, -0.1) is 0 Å². The van der Waals surface area contributed by atoms with Gasteiger partial charge in [0.05, 0.1) is 5.69 Å². The number of nitrogens with zero attached hydrogens (tertiary/aromatic N) is 1. The molecule has 0 aliphatic rings. The van der Waals surface area contributed by atoms with Crippen LogP contribution in [0.4, 0.5) is 5.69 Å². The fourth-order valence-corrected chi connectivity index (χ4v) is 2.63. The maximum atomic E-state index is 10.00. The van der Waals surface area contributed by atoms with Crippen molar-refractivity contribution in [1.29, 1.82) is 0 Å². The number of hydrogen-bond acceptors (Lipinski definition) is 5. The fourth-order valence-electron chi connectivity index (χ4n) is 1.97. The van der Waals surface area contributed by atoms with Gasteiger partial charge in [-0.3, -0.25) is 4.90 Å². The van der Waals surface area contributed by atoms with Crippen molar-refractivity contribution in [2.45, 2.75) is 12.6 Å². The van der Waals surface area contributed by atoms with Crippen LogP contribution in [0.15, 0.2) is 41.1 Å². The first-order valence-electron chi connectivity index (χ1n) is 6.50. The molecule has 5 heteroatoms. The number of thiophene rings is 1. The Bertz CT molecular complexity index is 516. The van der Waals surface area contributed by atoms with E-state index in [-0.39, 0.29) is 6.61 Å². The largest absolute Gasteiger partial charge is 0.489 e. The quantitative estimate of drug-likeness (QED) is 0.768. The number of nitrogens with two attached hydrogens (primary N) is 1. The molecule has 0 aliphatic carbocycles. The molecule has 0 saturated heterocycles. The molecule has 1 aromatic heterocycles. The Morgan fingerprint density at radius 3 is 2.85 bits per heavy atom. The van der Waals surface area contributed by atoms with Crippen LogP contribution in [0.5, 0.6) is 5.75 Å². The molecule has 1 heterocycles. The molecule has 0 saturated carbocycles. The summed E-state index contributed by atoms with van der Waals surface area (Å²) < 4.78 is 5.54. The number of aliphatic hydroxyl groups is 1. The Morgan fingerprint density at radius 2 is 2.15 bits per heavy atom. The number of benzene rings is 1. The number of nitrogen functional groups attached to an aromatic ring is 1. The first kappa shape index (κ1) is 14.8. The lowest BCUT2D eigenvalue weighted by atomic mass is 10.3. The molecule has 2 aromatic rings. The lowest BCUT2D eigenvalue weighted by molar-refractivity contribution is 0.0747. The van der Waals surface area contributed by atoms with Gasteiger partial charge in [-0.2, -0.15) is 11.3 Å². The average Bonchev–Trinajstić information content (AvgIpc) is 2.90. The molecule has 0 radical (unpaired) electrons. The van der Waals surface area contributed by atoms with Crippen molar-refractivity contribution < 1.29 is 9.84 Å². The van der Waals surface area contributed by atoms with E-state index < -0.39 is 6.10 Å². The fraction of sp³-hybridized carbons (Fsp3) is 0.333. The summed E-state index contributed by atoms with van der Waals surface area (Å²) in [5, 5.41) is 14.2. The minimum Gasteiger partial charge on any atom is -0.489 e. The zero-order valence-electron chi connectivity index (χ0n) is 11.5. The zero-order valence-corrected chi connectivity index (χ0v) is 12.3. The summed E-state index contributed by atoms with van der Waals surface area (Å²) in [6.07, 6.45) is -0.543. The predicted octanol–water partition coefficient (Wildman–Crippen LogP) is 2.20. The van der Waals surface area contributed by atoms with Crippen LogP contribution >= 0.6 is 11.3 Å². The first-order valence-corrected chi connectivity index (χ1v) is 7.44. The van der Waals surface area contributed by atoms with E-state index in [1.165, 1.54) is 5.56 Å². The monoisotopic (exact) mass is 292 g/mol. The molecule has 0 fully saturated rings. The van der Waals surface area contributed by atoms with Crippen molar-refractivity contribution in [2.75, 3.05) is 25.9 Å². The molecule has 20 heavy (non-hydrogen) atoms. The number of ether oxygens (including phenoxy) is 1. The van der Waals surface area contributed by atoms with E-state index in [0.717, 1.165) is 6.54 Å². The molecule has 1 aromatic carbocycles. The minimum atomic E-state index is -0.543. The molecule has 0 amide bonds. The van der Waals surface area contributed by atoms with Crippen LogP contribution in [-0.4, -0.2) is 36.3 Å². The van der Waals surface area contributed by atoms with Gasteiger partial charge in [0.15, 0.2) is 0 Å². The average molecular weight is 292 g/mol. The zero-order chi connectivity index (χ0) is 14.4. The lowest BCUT2D eigenvalue weighted by Crippen LogP contribution is -2.32. The molecule has 0 bridgehead atoms. The number of anilines is 1. The van der Waals surface area contributed by atoms with E-state index in [0.29, 0.717) is 18.0 Å². The summed E-state index contributed by atoms with van der Waals surface area (Å²) in [4.78, 5) is 2.07. The Labute approximate surface area is 123 Å². The second-order valence-electron chi connectivity index (χ2n) is 4.83. The lowest BCUT2D eigenvalue weighted by Gasteiger charge is -2.20. The van der Waals surface area contributed by atoms with E-state index in [4.69, 9.17) is 10.5 Å². The maximum Gasteiger partial charge on any atom is 0.142 e. The van der Waals surface area contributed by atoms with Crippen LogP contribution < -0.4 is 10.5 Å². The smallest absolute Gasteiger partial charge is 0.142 e. The SMILES string of the molecule is CN(Cc1ccsc1)CC(O)COc1ccccc1N. The van der Waals surface area contributed by atoms with Crippen molar-refractivity contribution in [1.82, 2.24) is 4.90 Å². The third-order valence-corrected chi connectivity index (χ3v) is 3.64. The molecule has 1 unspecified atom stereocenters. The van der Waals surface area contributed by atoms with Gasteiger partial charge in [0, 0.05) is 13.1 Å². The Kier molecular flexibility index (Phi) is 5.40. The molecular weight excluding hydrogens is 272 g/mol. The molecule has 3 N–H and O–H groups in total. The molecule has 2 rings (SSSR count). The Balaban J connectivity index is 1.75. The summed E-state index contributed by atoms with van der Waals surface area (Å²) in [7, 11) is 1.98. The van der Waals surface area contributed by atoms with Gasteiger partial charge in [-0.05, 0) is 41.6 Å². The minimum absolute atomic E-state index is 0.238. The summed E-state index contributed by atoms with van der Waals surface area (Å²) in [6.45, 7) is 1.62. The molecule has 1 atom stereocenters. The second kappa shape index (κ2) is 7.28. The summed E-state index contributed by atoms with van der Waals surface area (Å²) in [5.74, 6) is 0.618. The number of para-hydroxylation sites is 2. The van der Waals surface area contributed by atoms with Gasteiger partial charge >= 0.3 is 0 Å². The number of hydrogen-bond donors (Lipinski definition) is 2. The van der Waals surface area contributed by atoms with Gasteiger partial charge in [0.1, 0.15) is 18.5 Å². The first-order chi connectivity index (χ1) is 9.65. The second-order valence-corrected chi connectivity index (χ2v) is 5.61. The van der Waals surface area contributed by atoms with Crippen LogP contribution in [0, 0.1) is 0 Å².